The average molecular weight is 245 g/mol. The molecule has 2 rings (SSSR count). The van der Waals surface area contributed by atoms with Gasteiger partial charge >= 0.3 is 0 Å². The van der Waals surface area contributed by atoms with Crippen molar-refractivity contribution in [3.8, 4) is 0 Å². The molecule has 18 heavy (non-hydrogen) atoms. The highest BCUT2D eigenvalue weighted by molar-refractivity contribution is 5.15. The van der Waals surface area contributed by atoms with Crippen LogP contribution in [-0.2, 0) is 20.1 Å². The molecule has 0 unspecified atom stereocenters. The van der Waals surface area contributed by atoms with Gasteiger partial charge in [0.05, 0.1) is 17.6 Å². The lowest BCUT2D eigenvalue weighted by molar-refractivity contribution is 0.313. The lowest BCUT2D eigenvalue weighted by Gasteiger charge is -2.15. The zero-order valence-corrected chi connectivity index (χ0v) is 11.4. The lowest BCUT2D eigenvalue weighted by atomic mass is 10.2. The third kappa shape index (κ3) is 2.92. The van der Waals surface area contributed by atoms with Gasteiger partial charge < -0.3 is 0 Å². The van der Waals surface area contributed by atoms with Crippen molar-refractivity contribution in [2.45, 2.75) is 26.9 Å². The van der Waals surface area contributed by atoms with Crippen LogP contribution in [0.15, 0.2) is 18.6 Å². The summed E-state index contributed by atoms with van der Waals surface area (Å²) in [7, 11) is 4.04. The summed E-state index contributed by atoms with van der Waals surface area (Å²) in [6.07, 6.45) is 5.56. The number of nitrogens with zero attached hydrogens (tertiary/aromatic N) is 5. The number of rotatable bonds is 4. The predicted octanol–water partition coefficient (Wildman–Crippen LogP) is 1.46. The van der Waals surface area contributed by atoms with Gasteiger partial charge in [-0.3, -0.25) is 19.5 Å². The molecule has 0 aliphatic carbocycles. The van der Waals surface area contributed by atoms with Crippen molar-refractivity contribution >= 4 is 0 Å². The van der Waals surface area contributed by atoms with Crippen LogP contribution in [0.25, 0.3) is 0 Å². The van der Waals surface area contributed by atoms with E-state index in [4.69, 9.17) is 0 Å². The summed E-state index contributed by atoms with van der Waals surface area (Å²) in [5.74, 6) is 0. The molecule has 0 saturated carbocycles. The summed E-state index contributed by atoms with van der Waals surface area (Å²) in [5, 5.41) is 4.25. The summed E-state index contributed by atoms with van der Waals surface area (Å²) in [4.78, 5) is 10.8. The Bertz CT molecular complexity index is 515. The number of aryl methyl sites for hydroxylation is 2. The molecular formula is C13H19N5. The Morgan fingerprint density at radius 1 is 1.11 bits per heavy atom. The van der Waals surface area contributed by atoms with E-state index in [0.717, 1.165) is 24.5 Å². The van der Waals surface area contributed by atoms with Crippen molar-refractivity contribution in [1.29, 1.82) is 0 Å². The van der Waals surface area contributed by atoms with Crippen molar-refractivity contribution in [2.24, 2.45) is 7.05 Å². The lowest BCUT2D eigenvalue weighted by Crippen LogP contribution is -2.18. The standard InChI is InChI=1S/C13H19N5/c1-10-5-15-13(7-14-10)9-17(3)8-12-6-16-18(4)11(12)2/h5-7H,8-9H2,1-4H3. The fourth-order valence-corrected chi connectivity index (χ4v) is 1.82. The number of hydrogen-bond acceptors (Lipinski definition) is 4. The molecule has 5 nitrogen and oxygen atoms in total. The van der Waals surface area contributed by atoms with Gasteiger partial charge in [0.25, 0.3) is 0 Å². The van der Waals surface area contributed by atoms with Crippen molar-refractivity contribution in [3.05, 3.63) is 41.2 Å². The quantitative estimate of drug-likeness (QED) is 0.818. The Kier molecular flexibility index (Phi) is 3.72. The maximum atomic E-state index is 4.36. The van der Waals surface area contributed by atoms with Crippen LogP contribution in [0.5, 0.6) is 0 Å². The zero-order chi connectivity index (χ0) is 13.1. The first kappa shape index (κ1) is 12.7. The van der Waals surface area contributed by atoms with E-state index in [9.17, 15) is 0 Å². The Morgan fingerprint density at radius 2 is 1.89 bits per heavy atom. The molecule has 96 valence electrons. The highest BCUT2D eigenvalue weighted by Gasteiger charge is 2.08. The van der Waals surface area contributed by atoms with Crippen molar-refractivity contribution < 1.29 is 0 Å². The van der Waals surface area contributed by atoms with E-state index in [1.165, 1.54) is 11.3 Å². The molecule has 0 spiro atoms. The largest absolute Gasteiger partial charge is 0.296 e. The van der Waals surface area contributed by atoms with Gasteiger partial charge in [0.2, 0.25) is 0 Å². The molecule has 2 aromatic heterocycles. The SMILES string of the molecule is Cc1cnc(CN(C)Cc2cnn(C)c2C)cn1. The van der Waals surface area contributed by atoms with Gasteiger partial charge in [0.15, 0.2) is 0 Å². The Labute approximate surface area is 107 Å². The van der Waals surface area contributed by atoms with Crippen molar-refractivity contribution in [2.75, 3.05) is 7.05 Å². The van der Waals surface area contributed by atoms with Gasteiger partial charge in [-0.25, -0.2) is 0 Å². The molecule has 5 heteroatoms. The highest BCUT2D eigenvalue weighted by Crippen LogP contribution is 2.10. The van der Waals surface area contributed by atoms with Gasteiger partial charge in [-0.15, -0.1) is 0 Å². The smallest absolute Gasteiger partial charge is 0.0727 e. The van der Waals surface area contributed by atoms with Crippen LogP contribution in [-0.4, -0.2) is 31.7 Å². The molecule has 0 aliphatic heterocycles. The van der Waals surface area contributed by atoms with Crippen LogP contribution >= 0.6 is 0 Å². The van der Waals surface area contributed by atoms with Crippen molar-refractivity contribution in [3.63, 3.8) is 0 Å². The maximum absolute atomic E-state index is 4.36. The molecule has 0 saturated heterocycles. The molecule has 0 aliphatic rings. The second kappa shape index (κ2) is 5.27. The Balaban J connectivity index is 1.98. The monoisotopic (exact) mass is 245 g/mol. The molecule has 0 fully saturated rings. The van der Waals surface area contributed by atoms with E-state index >= 15 is 0 Å². The first-order valence-electron chi connectivity index (χ1n) is 6.00. The third-order valence-corrected chi connectivity index (χ3v) is 3.04. The van der Waals surface area contributed by atoms with Crippen LogP contribution < -0.4 is 0 Å². The summed E-state index contributed by atoms with van der Waals surface area (Å²) in [6, 6.07) is 0. The summed E-state index contributed by atoms with van der Waals surface area (Å²) in [5.41, 5.74) is 4.39. The second-order valence-corrected chi connectivity index (χ2v) is 4.70. The molecule has 0 aromatic carbocycles. The minimum absolute atomic E-state index is 0.793. The zero-order valence-electron chi connectivity index (χ0n) is 11.4. The van der Waals surface area contributed by atoms with E-state index in [1.807, 2.05) is 31.0 Å². The fourth-order valence-electron chi connectivity index (χ4n) is 1.82. The summed E-state index contributed by atoms with van der Waals surface area (Å²) < 4.78 is 1.90. The van der Waals surface area contributed by atoms with Gasteiger partial charge in [0.1, 0.15) is 0 Å². The van der Waals surface area contributed by atoms with Crippen LogP contribution in [0, 0.1) is 13.8 Å². The van der Waals surface area contributed by atoms with E-state index in [1.54, 1.807) is 6.20 Å². The second-order valence-electron chi connectivity index (χ2n) is 4.70. The topological polar surface area (TPSA) is 46.8 Å². The highest BCUT2D eigenvalue weighted by atomic mass is 15.3. The van der Waals surface area contributed by atoms with Gasteiger partial charge in [0, 0.05) is 43.8 Å². The first-order chi connectivity index (χ1) is 8.56. The molecule has 0 atom stereocenters. The normalized spacial score (nSPS) is 11.2. The molecule has 0 amide bonds. The molecule has 2 heterocycles. The molecule has 0 N–H and O–H groups in total. The minimum Gasteiger partial charge on any atom is -0.296 e. The minimum atomic E-state index is 0.793. The van der Waals surface area contributed by atoms with Crippen LogP contribution in [0.2, 0.25) is 0 Å². The van der Waals surface area contributed by atoms with Crippen molar-refractivity contribution in [1.82, 2.24) is 24.6 Å². The van der Waals surface area contributed by atoms with Gasteiger partial charge in [-0.2, -0.15) is 5.10 Å². The van der Waals surface area contributed by atoms with E-state index in [0.29, 0.717) is 0 Å². The number of aromatic nitrogens is 4. The van der Waals surface area contributed by atoms with Gasteiger partial charge in [-0.1, -0.05) is 0 Å². The third-order valence-electron chi connectivity index (χ3n) is 3.04. The Morgan fingerprint density at radius 3 is 2.44 bits per heavy atom. The van der Waals surface area contributed by atoms with E-state index in [-0.39, 0.29) is 0 Å². The maximum Gasteiger partial charge on any atom is 0.0727 e. The van der Waals surface area contributed by atoms with Crippen LogP contribution in [0.4, 0.5) is 0 Å². The van der Waals surface area contributed by atoms with Crippen LogP contribution in [0.1, 0.15) is 22.6 Å². The van der Waals surface area contributed by atoms with Crippen LogP contribution in [0.3, 0.4) is 0 Å². The average Bonchev–Trinajstić information content (AvgIpc) is 2.64. The molecular weight excluding hydrogens is 226 g/mol. The van der Waals surface area contributed by atoms with E-state index in [2.05, 4.69) is 33.9 Å². The first-order valence-corrected chi connectivity index (χ1v) is 6.00. The Hall–Kier alpha value is -1.75. The fraction of sp³-hybridized carbons (Fsp3) is 0.462. The molecule has 0 bridgehead atoms. The summed E-state index contributed by atoms with van der Waals surface area (Å²) in [6.45, 7) is 5.69. The van der Waals surface area contributed by atoms with Gasteiger partial charge in [-0.05, 0) is 20.9 Å². The molecule has 0 radical (unpaired) electrons. The summed E-state index contributed by atoms with van der Waals surface area (Å²) >= 11 is 0. The van der Waals surface area contributed by atoms with E-state index < -0.39 is 0 Å². The predicted molar refractivity (Wildman–Crippen MR) is 69.9 cm³/mol. The number of hydrogen-bond donors (Lipinski definition) is 0. The molecule has 2 aromatic rings.